The van der Waals surface area contributed by atoms with E-state index in [2.05, 4.69) is 44.9 Å². The van der Waals surface area contributed by atoms with Crippen LogP contribution in [-0.2, 0) is 6.54 Å². The maximum Gasteiger partial charge on any atom is 0.249 e. The third kappa shape index (κ3) is 3.81. The Balaban J connectivity index is 1.72. The molecule has 0 amide bonds. The fourth-order valence-electron chi connectivity index (χ4n) is 2.30. The van der Waals surface area contributed by atoms with Crippen molar-refractivity contribution in [3.8, 4) is 0 Å². The lowest BCUT2D eigenvalue weighted by Gasteiger charge is -2.11. The van der Waals surface area contributed by atoms with Gasteiger partial charge < -0.3 is 10.6 Å². The number of benzene rings is 2. The van der Waals surface area contributed by atoms with Gasteiger partial charge in [-0.2, -0.15) is 10.1 Å². The molecule has 0 saturated heterocycles. The highest BCUT2D eigenvalue weighted by molar-refractivity contribution is 6.31. The van der Waals surface area contributed by atoms with Crippen LogP contribution in [0.2, 0.25) is 5.02 Å². The predicted molar refractivity (Wildman–Crippen MR) is 97.8 cm³/mol. The fourth-order valence-corrected chi connectivity index (χ4v) is 2.47. The Kier molecular flexibility index (Phi) is 4.91. The minimum Gasteiger partial charge on any atom is -0.365 e. The number of aryl methyl sites for hydroxylation is 1. The number of aromatic nitrogens is 3. The molecule has 0 aliphatic rings. The van der Waals surface area contributed by atoms with E-state index in [1.807, 2.05) is 37.3 Å². The highest BCUT2D eigenvalue weighted by Gasteiger charge is 2.06. The molecule has 0 bridgehead atoms. The van der Waals surface area contributed by atoms with E-state index in [1.54, 1.807) is 6.20 Å². The van der Waals surface area contributed by atoms with Crippen LogP contribution in [0.1, 0.15) is 16.7 Å². The average molecular weight is 340 g/mol. The number of nitrogens with one attached hydrogen (secondary N) is 2. The van der Waals surface area contributed by atoms with Crippen LogP contribution >= 0.6 is 11.6 Å². The molecule has 122 valence electrons. The van der Waals surface area contributed by atoms with Crippen molar-refractivity contribution in [2.75, 3.05) is 10.6 Å². The zero-order valence-corrected chi connectivity index (χ0v) is 14.3. The summed E-state index contributed by atoms with van der Waals surface area (Å²) in [4.78, 5) is 4.44. The summed E-state index contributed by atoms with van der Waals surface area (Å²) >= 11 is 6.13. The van der Waals surface area contributed by atoms with Gasteiger partial charge in [-0.05, 0) is 42.7 Å². The highest BCUT2D eigenvalue weighted by Crippen LogP contribution is 2.25. The molecule has 0 radical (unpaired) electrons. The molecule has 0 unspecified atom stereocenters. The molecule has 0 atom stereocenters. The molecule has 1 heterocycles. The van der Waals surface area contributed by atoms with Gasteiger partial charge in [0.25, 0.3) is 0 Å². The number of anilines is 3. The van der Waals surface area contributed by atoms with Crippen molar-refractivity contribution in [2.45, 2.75) is 20.4 Å². The lowest BCUT2D eigenvalue weighted by Crippen LogP contribution is -2.06. The van der Waals surface area contributed by atoms with Crippen LogP contribution in [0.5, 0.6) is 0 Å². The quantitative estimate of drug-likeness (QED) is 0.716. The Labute approximate surface area is 146 Å². The molecule has 3 aromatic rings. The minimum atomic E-state index is 0.426. The third-order valence-electron chi connectivity index (χ3n) is 3.79. The second-order valence-electron chi connectivity index (χ2n) is 5.48. The van der Waals surface area contributed by atoms with Crippen LogP contribution in [0.25, 0.3) is 0 Å². The molecule has 3 rings (SSSR count). The molecule has 0 aliphatic carbocycles. The van der Waals surface area contributed by atoms with Gasteiger partial charge in [-0.3, -0.25) is 0 Å². The molecule has 2 N–H and O–H groups in total. The van der Waals surface area contributed by atoms with Crippen molar-refractivity contribution in [1.29, 1.82) is 0 Å². The molecule has 0 aliphatic heterocycles. The average Bonchev–Trinajstić information content (AvgIpc) is 2.59. The topological polar surface area (TPSA) is 62.7 Å². The SMILES string of the molecule is Cc1ccccc1CNc1cnnc(Nc2cccc(Cl)c2C)n1. The monoisotopic (exact) mass is 339 g/mol. The molecule has 1 aromatic heterocycles. The molecule has 24 heavy (non-hydrogen) atoms. The summed E-state index contributed by atoms with van der Waals surface area (Å²) in [5.41, 5.74) is 4.26. The Morgan fingerprint density at radius 3 is 2.71 bits per heavy atom. The van der Waals surface area contributed by atoms with Gasteiger partial charge in [-0.15, -0.1) is 5.10 Å². The number of hydrogen-bond donors (Lipinski definition) is 2. The molecule has 6 heteroatoms. The minimum absolute atomic E-state index is 0.426. The Hall–Kier alpha value is -2.66. The zero-order valence-electron chi connectivity index (χ0n) is 13.5. The third-order valence-corrected chi connectivity index (χ3v) is 4.20. The fraction of sp³-hybridized carbons (Fsp3) is 0.167. The van der Waals surface area contributed by atoms with Gasteiger partial charge >= 0.3 is 0 Å². The summed E-state index contributed by atoms with van der Waals surface area (Å²) in [6.45, 7) is 4.71. The summed E-state index contributed by atoms with van der Waals surface area (Å²) in [6.07, 6.45) is 1.61. The predicted octanol–water partition coefficient (Wildman–Crippen LogP) is 4.50. The summed E-state index contributed by atoms with van der Waals surface area (Å²) < 4.78 is 0. The maximum atomic E-state index is 6.13. The smallest absolute Gasteiger partial charge is 0.249 e. The van der Waals surface area contributed by atoms with E-state index in [1.165, 1.54) is 11.1 Å². The lowest BCUT2D eigenvalue weighted by atomic mass is 10.1. The molecule has 2 aromatic carbocycles. The van der Waals surface area contributed by atoms with Gasteiger partial charge in [0.05, 0.1) is 6.20 Å². The lowest BCUT2D eigenvalue weighted by molar-refractivity contribution is 0.963. The van der Waals surface area contributed by atoms with Gasteiger partial charge in [0.15, 0.2) is 5.82 Å². The van der Waals surface area contributed by atoms with Crippen molar-refractivity contribution in [3.63, 3.8) is 0 Å². The van der Waals surface area contributed by atoms with Gasteiger partial charge in [-0.25, -0.2) is 0 Å². The van der Waals surface area contributed by atoms with Gasteiger partial charge in [0.1, 0.15) is 0 Å². The molecule has 0 fully saturated rings. The summed E-state index contributed by atoms with van der Waals surface area (Å²) in [7, 11) is 0. The first-order valence-corrected chi connectivity index (χ1v) is 8.01. The summed E-state index contributed by atoms with van der Waals surface area (Å²) in [6, 6.07) is 13.9. The van der Waals surface area contributed by atoms with E-state index in [0.29, 0.717) is 23.3 Å². The maximum absolute atomic E-state index is 6.13. The second kappa shape index (κ2) is 7.27. The Morgan fingerprint density at radius 2 is 1.88 bits per heavy atom. The number of hydrogen-bond acceptors (Lipinski definition) is 5. The second-order valence-corrected chi connectivity index (χ2v) is 5.89. The van der Waals surface area contributed by atoms with Crippen molar-refractivity contribution in [1.82, 2.24) is 15.2 Å². The van der Waals surface area contributed by atoms with Gasteiger partial charge in [0.2, 0.25) is 5.95 Å². The molecular formula is C18H18ClN5. The zero-order chi connectivity index (χ0) is 16.9. The first-order valence-electron chi connectivity index (χ1n) is 7.64. The summed E-state index contributed by atoms with van der Waals surface area (Å²) in [5.74, 6) is 1.09. The Morgan fingerprint density at radius 1 is 1.04 bits per heavy atom. The first kappa shape index (κ1) is 16.2. The number of nitrogens with zero attached hydrogens (tertiary/aromatic N) is 3. The first-order chi connectivity index (χ1) is 11.6. The highest BCUT2D eigenvalue weighted by atomic mass is 35.5. The van der Waals surface area contributed by atoms with E-state index >= 15 is 0 Å². The van der Waals surface area contributed by atoms with Crippen LogP contribution in [-0.4, -0.2) is 15.2 Å². The van der Waals surface area contributed by atoms with Crippen LogP contribution in [0, 0.1) is 13.8 Å². The molecule has 0 spiro atoms. The van der Waals surface area contributed by atoms with E-state index < -0.39 is 0 Å². The number of halogens is 1. The number of rotatable bonds is 5. The normalized spacial score (nSPS) is 10.5. The van der Waals surface area contributed by atoms with Crippen molar-refractivity contribution < 1.29 is 0 Å². The molecular weight excluding hydrogens is 322 g/mol. The molecule has 0 saturated carbocycles. The van der Waals surface area contributed by atoms with Crippen LogP contribution in [0.4, 0.5) is 17.5 Å². The van der Waals surface area contributed by atoms with E-state index in [-0.39, 0.29) is 0 Å². The molecule has 5 nitrogen and oxygen atoms in total. The van der Waals surface area contributed by atoms with Crippen LogP contribution < -0.4 is 10.6 Å². The standard InChI is InChI=1S/C18H18ClN5/c1-12-6-3-4-7-14(12)10-20-17-11-21-24-18(23-17)22-16-9-5-8-15(19)13(16)2/h3-9,11H,10H2,1-2H3,(H2,20,22,23,24). The Bertz CT molecular complexity index is 850. The summed E-state index contributed by atoms with van der Waals surface area (Å²) in [5, 5.41) is 15.1. The van der Waals surface area contributed by atoms with Gasteiger partial charge in [0, 0.05) is 17.3 Å². The van der Waals surface area contributed by atoms with E-state index in [0.717, 1.165) is 11.3 Å². The van der Waals surface area contributed by atoms with E-state index in [9.17, 15) is 0 Å². The van der Waals surface area contributed by atoms with Crippen LogP contribution in [0.15, 0.2) is 48.7 Å². The van der Waals surface area contributed by atoms with Crippen LogP contribution in [0.3, 0.4) is 0 Å². The van der Waals surface area contributed by atoms with Crippen molar-refractivity contribution >= 4 is 29.1 Å². The van der Waals surface area contributed by atoms with Gasteiger partial charge in [-0.1, -0.05) is 41.9 Å². The van der Waals surface area contributed by atoms with Crippen molar-refractivity contribution in [2.24, 2.45) is 0 Å². The van der Waals surface area contributed by atoms with Crippen molar-refractivity contribution in [3.05, 3.63) is 70.4 Å². The van der Waals surface area contributed by atoms with E-state index in [4.69, 9.17) is 11.6 Å². The largest absolute Gasteiger partial charge is 0.365 e.